The normalized spacial score (nSPS) is 12.0. The lowest BCUT2D eigenvalue weighted by Crippen LogP contribution is -2.22. The summed E-state index contributed by atoms with van der Waals surface area (Å²) in [5, 5.41) is 0. The maximum atomic E-state index is 13.9. The average molecular weight is 470 g/mol. The summed E-state index contributed by atoms with van der Waals surface area (Å²) in [5.41, 5.74) is 2.32. The summed E-state index contributed by atoms with van der Waals surface area (Å²) in [4.78, 5) is 12.7. The van der Waals surface area contributed by atoms with Gasteiger partial charge in [0, 0.05) is 27.1 Å². The van der Waals surface area contributed by atoms with Gasteiger partial charge in [0.1, 0.15) is 12.2 Å². The van der Waals surface area contributed by atoms with Crippen LogP contribution in [-0.2, 0) is 11.5 Å². The van der Waals surface area contributed by atoms with Gasteiger partial charge in [-0.1, -0.05) is 19.6 Å². The number of hydrogen-bond acceptors (Lipinski definition) is 4. The number of nitrogens with zero attached hydrogens (tertiary/aromatic N) is 4. The topological polar surface area (TPSA) is 52.8 Å². The van der Waals surface area contributed by atoms with Crippen molar-refractivity contribution in [2.24, 2.45) is 0 Å². The molecule has 0 saturated carbocycles. The fourth-order valence-electron chi connectivity index (χ4n) is 2.36. The van der Waals surface area contributed by atoms with Crippen LogP contribution in [0.3, 0.4) is 0 Å². The molecule has 5 nitrogen and oxygen atoms in total. The lowest BCUT2D eigenvalue weighted by Gasteiger charge is -2.15. The molecule has 0 aliphatic rings. The van der Waals surface area contributed by atoms with E-state index in [1.54, 1.807) is 18.3 Å². The van der Waals surface area contributed by atoms with Gasteiger partial charge in [0.25, 0.3) is 0 Å². The highest BCUT2D eigenvalue weighted by Crippen LogP contribution is 2.25. The summed E-state index contributed by atoms with van der Waals surface area (Å²) in [5.74, 6) is -0.541. The monoisotopic (exact) mass is 470 g/mol. The van der Waals surface area contributed by atoms with E-state index in [-0.39, 0.29) is 0 Å². The first-order valence-electron chi connectivity index (χ1n) is 8.05. The fourth-order valence-corrected chi connectivity index (χ4v) is 3.81. The fraction of sp³-hybridized carbons (Fsp3) is 0.353. The highest BCUT2D eigenvalue weighted by molar-refractivity contribution is 14.1. The largest absolute Gasteiger partial charge is 0.361 e. The first-order chi connectivity index (χ1) is 11.8. The van der Waals surface area contributed by atoms with Crippen LogP contribution in [0.25, 0.3) is 22.4 Å². The zero-order valence-electron chi connectivity index (χ0n) is 14.5. The molecule has 0 unspecified atom stereocenters. The maximum Gasteiger partial charge on any atom is 0.222 e. The van der Waals surface area contributed by atoms with Crippen LogP contribution in [0.5, 0.6) is 0 Å². The summed E-state index contributed by atoms with van der Waals surface area (Å²) >= 11 is 2.22. The molecular weight excluding hydrogens is 450 g/mol. The van der Waals surface area contributed by atoms with Crippen LogP contribution in [0.4, 0.5) is 4.39 Å². The van der Waals surface area contributed by atoms with Gasteiger partial charge in [-0.25, -0.2) is 15.0 Å². The molecule has 0 aromatic carbocycles. The van der Waals surface area contributed by atoms with Crippen LogP contribution in [0.15, 0.2) is 30.7 Å². The van der Waals surface area contributed by atoms with Crippen LogP contribution >= 0.6 is 22.6 Å². The Morgan fingerprint density at radius 2 is 2.08 bits per heavy atom. The number of pyridine rings is 1. The van der Waals surface area contributed by atoms with Crippen molar-refractivity contribution in [3.05, 3.63) is 40.2 Å². The van der Waals surface area contributed by atoms with Gasteiger partial charge in [-0.15, -0.1) is 0 Å². The molecule has 3 heterocycles. The maximum absolute atomic E-state index is 13.9. The summed E-state index contributed by atoms with van der Waals surface area (Å²) in [6.07, 6.45) is 4.96. The number of ether oxygens (including phenoxy) is 1. The molecule has 0 radical (unpaired) electrons. The minimum absolute atomic E-state index is 0.354. The zero-order valence-corrected chi connectivity index (χ0v) is 17.6. The lowest BCUT2D eigenvalue weighted by atomic mass is 10.2. The van der Waals surface area contributed by atoms with E-state index in [2.05, 4.69) is 57.2 Å². The summed E-state index contributed by atoms with van der Waals surface area (Å²) in [6.45, 7) is 8.18. The molecular formula is C17H20FIN4OSi. The molecule has 0 fully saturated rings. The molecule has 132 valence electrons. The Balaban J connectivity index is 1.83. The second kappa shape index (κ2) is 7.46. The highest BCUT2D eigenvalue weighted by atomic mass is 127. The SMILES string of the molecule is C[Si](C)(C)CCOCn1cc(I)c2nc(-c3cccnc3F)cnc21. The molecule has 3 rings (SSSR count). The Morgan fingerprint density at radius 3 is 2.80 bits per heavy atom. The molecule has 0 saturated heterocycles. The van der Waals surface area contributed by atoms with Crippen LogP contribution in [0, 0.1) is 9.52 Å². The van der Waals surface area contributed by atoms with Gasteiger partial charge in [0.15, 0.2) is 5.65 Å². The van der Waals surface area contributed by atoms with Crippen molar-refractivity contribution in [3.8, 4) is 11.3 Å². The molecule has 0 atom stereocenters. The Labute approximate surface area is 160 Å². The first kappa shape index (κ1) is 18.4. The van der Waals surface area contributed by atoms with E-state index >= 15 is 0 Å². The van der Waals surface area contributed by atoms with Crippen molar-refractivity contribution in [3.63, 3.8) is 0 Å². The van der Waals surface area contributed by atoms with Gasteiger partial charge in [-0.3, -0.25) is 0 Å². The Morgan fingerprint density at radius 1 is 1.28 bits per heavy atom. The Kier molecular flexibility index (Phi) is 5.49. The third kappa shape index (κ3) is 4.42. The smallest absolute Gasteiger partial charge is 0.222 e. The third-order valence-corrected chi connectivity index (χ3v) is 6.28. The van der Waals surface area contributed by atoms with E-state index in [0.29, 0.717) is 18.0 Å². The zero-order chi connectivity index (χ0) is 18.0. The minimum Gasteiger partial charge on any atom is -0.361 e. The van der Waals surface area contributed by atoms with E-state index in [1.807, 2.05) is 10.8 Å². The number of aromatic nitrogens is 4. The van der Waals surface area contributed by atoms with Crippen LogP contribution in [0.2, 0.25) is 25.7 Å². The van der Waals surface area contributed by atoms with Crippen LogP contribution < -0.4 is 0 Å². The highest BCUT2D eigenvalue weighted by Gasteiger charge is 2.15. The van der Waals surface area contributed by atoms with E-state index < -0.39 is 14.0 Å². The van der Waals surface area contributed by atoms with Crippen LogP contribution in [0.1, 0.15) is 0 Å². The lowest BCUT2D eigenvalue weighted by molar-refractivity contribution is 0.0898. The Bertz CT molecular complexity index is 894. The number of rotatable bonds is 6. The van der Waals surface area contributed by atoms with Crippen LogP contribution in [-0.4, -0.2) is 34.2 Å². The predicted molar refractivity (Wildman–Crippen MR) is 108 cm³/mol. The van der Waals surface area contributed by atoms with Crippen molar-refractivity contribution in [2.45, 2.75) is 32.4 Å². The molecule has 25 heavy (non-hydrogen) atoms. The van der Waals surface area contributed by atoms with E-state index in [1.165, 1.54) is 6.20 Å². The summed E-state index contributed by atoms with van der Waals surface area (Å²) in [7, 11) is -1.10. The van der Waals surface area contributed by atoms with Gasteiger partial charge in [-0.2, -0.15) is 4.39 Å². The molecule has 8 heteroatoms. The van der Waals surface area contributed by atoms with E-state index in [0.717, 1.165) is 27.4 Å². The second-order valence-electron chi connectivity index (χ2n) is 7.06. The minimum atomic E-state index is -1.10. The average Bonchev–Trinajstić information content (AvgIpc) is 2.87. The molecule has 0 bridgehead atoms. The van der Waals surface area contributed by atoms with Gasteiger partial charge in [0.2, 0.25) is 5.95 Å². The van der Waals surface area contributed by atoms with Crippen molar-refractivity contribution >= 4 is 41.8 Å². The molecule has 3 aromatic rings. The summed E-state index contributed by atoms with van der Waals surface area (Å²) in [6, 6.07) is 4.47. The predicted octanol–water partition coefficient (Wildman–Crippen LogP) is 4.55. The molecule has 0 aliphatic heterocycles. The molecule has 0 amide bonds. The van der Waals surface area contributed by atoms with Crippen molar-refractivity contribution in [1.29, 1.82) is 0 Å². The van der Waals surface area contributed by atoms with Crippen molar-refractivity contribution in [1.82, 2.24) is 19.5 Å². The van der Waals surface area contributed by atoms with E-state index in [9.17, 15) is 4.39 Å². The number of fused-ring (bicyclic) bond motifs is 1. The van der Waals surface area contributed by atoms with Gasteiger partial charge < -0.3 is 9.30 Å². The third-order valence-electron chi connectivity index (χ3n) is 3.78. The molecule has 0 spiro atoms. The second-order valence-corrected chi connectivity index (χ2v) is 13.8. The van der Waals surface area contributed by atoms with Gasteiger partial charge in [0.05, 0.1) is 21.0 Å². The first-order valence-corrected chi connectivity index (χ1v) is 12.8. The quantitative estimate of drug-likeness (QED) is 0.230. The molecule has 0 aliphatic carbocycles. The number of halogens is 2. The van der Waals surface area contributed by atoms with Crippen molar-refractivity contribution < 1.29 is 9.13 Å². The standard InChI is InChI=1S/C17H20FIN4OSi/c1-25(2,3)8-7-24-11-23-10-13(19)15-17(23)21-9-14(22-15)12-5-4-6-20-16(12)18/h4-6,9-10H,7-8,11H2,1-3H3. The summed E-state index contributed by atoms with van der Waals surface area (Å²) < 4.78 is 22.6. The Hall–Kier alpha value is -1.39. The molecule has 3 aromatic heterocycles. The number of hydrogen-bond donors (Lipinski definition) is 0. The van der Waals surface area contributed by atoms with Gasteiger partial charge in [-0.05, 0) is 40.8 Å². The van der Waals surface area contributed by atoms with Crippen molar-refractivity contribution in [2.75, 3.05) is 6.61 Å². The van der Waals surface area contributed by atoms with Gasteiger partial charge >= 0.3 is 0 Å². The molecule has 0 N–H and O–H groups in total. The van der Waals surface area contributed by atoms with E-state index in [4.69, 9.17) is 4.74 Å².